The number of esters is 1. The topological polar surface area (TPSA) is 60.4 Å². The van der Waals surface area contributed by atoms with Crippen LogP contribution in [0.4, 0.5) is 0 Å². The van der Waals surface area contributed by atoms with E-state index in [9.17, 15) is 13.2 Å². The molecule has 0 saturated carbocycles. The van der Waals surface area contributed by atoms with Gasteiger partial charge < -0.3 is 4.74 Å². The minimum absolute atomic E-state index is 0.0933. The third kappa shape index (κ3) is 4.29. The first-order valence-corrected chi connectivity index (χ1v) is 8.79. The van der Waals surface area contributed by atoms with Gasteiger partial charge in [0.1, 0.15) is 0 Å². The van der Waals surface area contributed by atoms with Crippen molar-refractivity contribution in [2.24, 2.45) is 0 Å². The summed E-state index contributed by atoms with van der Waals surface area (Å²) in [6.07, 6.45) is 2.98. The van der Waals surface area contributed by atoms with Crippen LogP contribution in [0.3, 0.4) is 0 Å². The van der Waals surface area contributed by atoms with Crippen molar-refractivity contribution in [1.82, 2.24) is 0 Å². The van der Waals surface area contributed by atoms with E-state index in [1.54, 1.807) is 31.2 Å². The molecule has 0 bridgehead atoms. The minimum atomic E-state index is -3.85. The quantitative estimate of drug-likeness (QED) is 0.764. The van der Waals surface area contributed by atoms with E-state index in [1.165, 1.54) is 18.2 Å². The van der Waals surface area contributed by atoms with Gasteiger partial charge in [-0.3, -0.25) is 4.79 Å². The molecule has 0 heterocycles. The molecule has 2 rings (SSSR count). The minimum Gasteiger partial charge on any atom is -0.465 e. The molecule has 2 aromatic carbocycles. The van der Waals surface area contributed by atoms with E-state index in [1.807, 2.05) is 30.3 Å². The highest BCUT2D eigenvalue weighted by Crippen LogP contribution is 2.19. The molecule has 23 heavy (non-hydrogen) atoms. The number of hydrogen-bond donors (Lipinski definition) is 0. The van der Waals surface area contributed by atoms with Crippen molar-refractivity contribution in [2.75, 3.05) is 6.61 Å². The third-order valence-corrected chi connectivity index (χ3v) is 5.14. The summed E-state index contributed by atoms with van der Waals surface area (Å²) in [7, 11) is -3.85. The number of sulfone groups is 1. The summed E-state index contributed by atoms with van der Waals surface area (Å²) in [5.41, 5.74) is 0.810. The Kier molecular flexibility index (Phi) is 5.71. The molecule has 2 aromatic rings. The van der Waals surface area contributed by atoms with Crippen LogP contribution in [0.5, 0.6) is 0 Å². The zero-order chi connectivity index (χ0) is 16.7. The van der Waals surface area contributed by atoms with Crippen molar-refractivity contribution in [2.45, 2.75) is 17.1 Å². The van der Waals surface area contributed by atoms with Gasteiger partial charge in [-0.1, -0.05) is 60.7 Å². The first kappa shape index (κ1) is 17.0. The van der Waals surface area contributed by atoms with E-state index in [2.05, 4.69) is 0 Å². The highest BCUT2D eigenvalue weighted by atomic mass is 32.2. The molecule has 0 radical (unpaired) electrons. The van der Waals surface area contributed by atoms with Crippen molar-refractivity contribution in [3.05, 3.63) is 72.3 Å². The maximum Gasteiger partial charge on any atom is 0.328 e. The Morgan fingerprint density at radius 3 is 2.17 bits per heavy atom. The molecule has 0 aliphatic carbocycles. The molecule has 1 unspecified atom stereocenters. The molecule has 0 aliphatic rings. The monoisotopic (exact) mass is 330 g/mol. The summed E-state index contributed by atoms with van der Waals surface area (Å²) in [6, 6.07) is 17.1. The number of carbonyl (C=O) groups is 1. The molecule has 120 valence electrons. The Hall–Kier alpha value is -2.40. The summed E-state index contributed by atoms with van der Waals surface area (Å²) in [5, 5.41) is -1.37. The molecular formula is C18H18O4S. The van der Waals surface area contributed by atoms with Crippen LogP contribution in [-0.2, 0) is 19.4 Å². The van der Waals surface area contributed by atoms with E-state index in [4.69, 9.17) is 4.74 Å². The van der Waals surface area contributed by atoms with Crippen molar-refractivity contribution in [1.29, 1.82) is 0 Å². The van der Waals surface area contributed by atoms with Crippen LogP contribution < -0.4 is 0 Å². The van der Waals surface area contributed by atoms with E-state index in [0.717, 1.165) is 5.56 Å². The highest BCUT2D eigenvalue weighted by molar-refractivity contribution is 7.93. The van der Waals surface area contributed by atoms with Crippen LogP contribution in [0.25, 0.3) is 6.08 Å². The van der Waals surface area contributed by atoms with Crippen LogP contribution >= 0.6 is 0 Å². The second-order valence-corrected chi connectivity index (χ2v) is 6.87. The normalized spacial score (nSPS) is 12.9. The Balaban J connectivity index is 2.38. The zero-order valence-corrected chi connectivity index (χ0v) is 13.6. The smallest absolute Gasteiger partial charge is 0.328 e. The molecular weight excluding hydrogens is 312 g/mol. The number of rotatable bonds is 6. The van der Waals surface area contributed by atoms with Gasteiger partial charge in [0, 0.05) is 0 Å². The predicted molar refractivity (Wildman–Crippen MR) is 89.5 cm³/mol. The van der Waals surface area contributed by atoms with Crippen LogP contribution in [0, 0.1) is 0 Å². The molecule has 1 atom stereocenters. The first-order chi connectivity index (χ1) is 11.1. The van der Waals surface area contributed by atoms with Gasteiger partial charge in [-0.25, -0.2) is 8.42 Å². The molecule has 4 nitrogen and oxygen atoms in total. The summed E-state index contributed by atoms with van der Waals surface area (Å²) >= 11 is 0. The summed E-state index contributed by atoms with van der Waals surface area (Å²) in [5.74, 6) is -0.775. The maximum atomic E-state index is 12.7. The lowest BCUT2D eigenvalue weighted by Crippen LogP contribution is -2.30. The van der Waals surface area contributed by atoms with Crippen molar-refractivity contribution < 1.29 is 17.9 Å². The van der Waals surface area contributed by atoms with Gasteiger partial charge in [-0.2, -0.15) is 0 Å². The van der Waals surface area contributed by atoms with Crippen LogP contribution in [0.15, 0.2) is 71.6 Å². The van der Waals surface area contributed by atoms with E-state index < -0.39 is 21.1 Å². The molecule has 0 aromatic heterocycles. The molecule has 0 N–H and O–H groups in total. The molecule has 0 saturated heterocycles. The standard InChI is InChI=1S/C18H18O4S/c1-2-22-18(19)17(14-13-15-9-5-3-6-10-15)23(20,21)16-11-7-4-8-12-16/h3-14,17H,2H2,1H3/b14-13+. The van der Waals surface area contributed by atoms with Gasteiger partial charge in [0.2, 0.25) is 0 Å². The van der Waals surface area contributed by atoms with Crippen molar-refractivity contribution >= 4 is 21.9 Å². The number of carbonyl (C=O) groups excluding carboxylic acids is 1. The summed E-state index contributed by atoms with van der Waals surface area (Å²) in [6.45, 7) is 1.77. The Labute approximate surface area is 136 Å². The molecule has 0 fully saturated rings. The van der Waals surface area contributed by atoms with Crippen LogP contribution in [-0.4, -0.2) is 26.2 Å². The third-order valence-electron chi connectivity index (χ3n) is 3.19. The summed E-state index contributed by atoms with van der Waals surface area (Å²) in [4.78, 5) is 12.2. The highest BCUT2D eigenvalue weighted by Gasteiger charge is 2.32. The van der Waals surface area contributed by atoms with E-state index in [-0.39, 0.29) is 11.5 Å². The molecule has 0 spiro atoms. The fourth-order valence-corrected chi connectivity index (χ4v) is 3.49. The Bertz CT molecular complexity index is 765. The average Bonchev–Trinajstić information content (AvgIpc) is 2.57. The van der Waals surface area contributed by atoms with E-state index >= 15 is 0 Å². The van der Waals surface area contributed by atoms with Gasteiger partial charge in [0.15, 0.2) is 15.1 Å². The second kappa shape index (κ2) is 7.74. The largest absolute Gasteiger partial charge is 0.465 e. The summed E-state index contributed by atoms with van der Waals surface area (Å²) < 4.78 is 30.4. The van der Waals surface area contributed by atoms with E-state index in [0.29, 0.717) is 0 Å². The second-order valence-electron chi connectivity index (χ2n) is 4.80. The first-order valence-electron chi connectivity index (χ1n) is 7.24. The lowest BCUT2D eigenvalue weighted by atomic mass is 10.2. The predicted octanol–water partition coefficient (Wildman–Crippen LogP) is 3.11. The van der Waals surface area contributed by atoms with Crippen molar-refractivity contribution in [3.8, 4) is 0 Å². The number of hydrogen-bond acceptors (Lipinski definition) is 4. The lowest BCUT2D eigenvalue weighted by molar-refractivity contribution is -0.141. The average molecular weight is 330 g/mol. The maximum absolute atomic E-state index is 12.7. The van der Waals surface area contributed by atoms with Crippen molar-refractivity contribution in [3.63, 3.8) is 0 Å². The number of ether oxygens (including phenoxy) is 1. The fourth-order valence-electron chi connectivity index (χ4n) is 2.05. The number of benzene rings is 2. The van der Waals surface area contributed by atoms with Gasteiger partial charge in [0.05, 0.1) is 11.5 Å². The molecule has 0 aliphatic heterocycles. The molecule has 0 amide bonds. The van der Waals surface area contributed by atoms with Crippen LogP contribution in [0.1, 0.15) is 12.5 Å². The lowest BCUT2D eigenvalue weighted by Gasteiger charge is -2.13. The Morgan fingerprint density at radius 2 is 1.61 bits per heavy atom. The van der Waals surface area contributed by atoms with Crippen LogP contribution in [0.2, 0.25) is 0 Å². The van der Waals surface area contributed by atoms with Gasteiger partial charge in [-0.15, -0.1) is 0 Å². The van der Waals surface area contributed by atoms with Gasteiger partial charge in [-0.05, 0) is 24.6 Å². The molecule has 5 heteroatoms. The zero-order valence-electron chi connectivity index (χ0n) is 12.8. The Morgan fingerprint density at radius 1 is 1.04 bits per heavy atom. The SMILES string of the molecule is CCOC(=O)C(/C=C/c1ccccc1)S(=O)(=O)c1ccccc1. The van der Waals surface area contributed by atoms with Gasteiger partial charge >= 0.3 is 5.97 Å². The van der Waals surface area contributed by atoms with Gasteiger partial charge in [0.25, 0.3) is 0 Å². The fraction of sp³-hybridized carbons (Fsp3) is 0.167.